The van der Waals surface area contributed by atoms with Gasteiger partial charge in [0, 0.05) is 25.6 Å². The number of anilines is 1. The molecule has 2 amide bonds. The van der Waals surface area contributed by atoms with E-state index in [1.165, 1.54) is 17.9 Å². The molecule has 1 saturated heterocycles. The molecular weight excluding hydrogens is 563 g/mol. The first-order valence-electron chi connectivity index (χ1n) is 13.2. The van der Waals surface area contributed by atoms with Gasteiger partial charge in [-0.3, -0.25) is 9.69 Å². The molecule has 0 spiro atoms. The highest BCUT2D eigenvalue weighted by Crippen LogP contribution is 2.29. The van der Waals surface area contributed by atoms with Gasteiger partial charge < -0.3 is 20.1 Å². The highest BCUT2D eigenvalue weighted by atomic mass is 35.5. The van der Waals surface area contributed by atoms with Crippen molar-refractivity contribution in [3.8, 4) is 16.9 Å². The highest BCUT2D eigenvalue weighted by molar-refractivity contribution is 5.90. The van der Waals surface area contributed by atoms with E-state index in [0.29, 0.717) is 30.9 Å². The maximum Gasteiger partial charge on any atom is 0.414 e. The first kappa shape index (κ1) is 30.5. The molecule has 12 heteroatoms. The zero-order valence-electron chi connectivity index (χ0n) is 23.2. The summed E-state index contributed by atoms with van der Waals surface area (Å²) < 4.78 is 27.4. The lowest BCUT2D eigenvalue weighted by atomic mass is 10.0. The van der Waals surface area contributed by atoms with E-state index in [1.807, 2.05) is 53.2 Å². The number of amides is 2. The molecule has 4 aromatic rings. The number of nitrogens with one attached hydrogen (secondary N) is 2. The topological polar surface area (TPSA) is 111 Å². The number of cyclic esters (lactones) is 1. The minimum atomic E-state index is -0.566. The smallest absolute Gasteiger partial charge is 0.414 e. The van der Waals surface area contributed by atoms with Crippen molar-refractivity contribution in [3.05, 3.63) is 95.6 Å². The van der Waals surface area contributed by atoms with Crippen LogP contribution in [-0.4, -0.2) is 53.3 Å². The molecule has 2 N–H and O–H groups in total. The van der Waals surface area contributed by atoms with Gasteiger partial charge in [-0.1, -0.05) is 41.6 Å². The molecule has 1 aliphatic rings. The van der Waals surface area contributed by atoms with Crippen LogP contribution in [0.4, 0.5) is 14.9 Å². The number of benzene rings is 3. The highest BCUT2D eigenvalue weighted by Gasteiger charge is 2.32. The van der Waals surface area contributed by atoms with Crippen molar-refractivity contribution in [2.24, 2.45) is 0 Å². The standard InChI is InChI=1S/C30H31FN6O4.ClH/c1-20(38)33-17-27-19-36(30(39)41-27)24-9-12-28(29(31)13-24)23-7-3-21(4-8-23)14-32-15-25-16-34-35-37(25)18-22-5-10-26(40-2)11-6-22;/h3-13,16,27,32H,14-15,17-19H2,1-2H3,(H,33,38);1H. The van der Waals surface area contributed by atoms with Crippen LogP contribution in [0.3, 0.4) is 0 Å². The first-order valence-corrected chi connectivity index (χ1v) is 13.2. The van der Waals surface area contributed by atoms with Gasteiger partial charge in [0.25, 0.3) is 0 Å². The number of carbonyl (C=O) groups is 2. The van der Waals surface area contributed by atoms with E-state index < -0.39 is 18.0 Å². The molecule has 0 aliphatic carbocycles. The molecule has 220 valence electrons. The molecule has 10 nitrogen and oxygen atoms in total. The third kappa shape index (κ3) is 7.42. The Morgan fingerprint density at radius 2 is 1.81 bits per heavy atom. The van der Waals surface area contributed by atoms with Crippen molar-refractivity contribution in [2.75, 3.05) is 25.1 Å². The molecule has 0 saturated carbocycles. The minimum absolute atomic E-state index is 0. The lowest BCUT2D eigenvalue weighted by molar-refractivity contribution is -0.119. The van der Waals surface area contributed by atoms with Crippen LogP contribution in [0, 0.1) is 5.82 Å². The van der Waals surface area contributed by atoms with Crippen LogP contribution >= 0.6 is 12.4 Å². The van der Waals surface area contributed by atoms with Gasteiger partial charge in [-0.25, -0.2) is 13.9 Å². The maximum atomic E-state index is 15.1. The van der Waals surface area contributed by atoms with Crippen molar-refractivity contribution >= 4 is 30.1 Å². The summed E-state index contributed by atoms with van der Waals surface area (Å²) in [5.41, 5.74) is 4.67. The largest absolute Gasteiger partial charge is 0.497 e. The second kappa shape index (κ2) is 13.9. The SMILES string of the molecule is COc1ccc(Cn2nncc2CNCc2ccc(-c3ccc(N4CC(CNC(C)=O)OC4=O)cc3F)cc2)cc1.Cl. The van der Waals surface area contributed by atoms with Crippen LogP contribution in [0.5, 0.6) is 5.75 Å². The number of ether oxygens (including phenoxy) is 2. The molecule has 42 heavy (non-hydrogen) atoms. The number of aromatic nitrogens is 3. The summed E-state index contributed by atoms with van der Waals surface area (Å²) in [6.45, 7) is 3.65. The Bertz CT molecular complexity index is 1510. The Hall–Kier alpha value is -4.48. The molecule has 3 aromatic carbocycles. The maximum absolute atomic E-state index is 15.1. The monoisotopic (exact) mass is 594 g/mol. The van der Waals surface area contributed by atoms with E-state index in [0.717, 1.165) is 28.1 Å². The second-order valence-corrected chi connectivity index (χ2v) is 9.75. The van der Waals surface area contributed by atoms with Crippen molar-refractivity contribution in [2.45, 2.75) is 32.7 Å². The molecule has 1 aromatic heterocycles. The van der Waals surface area contributed by atoms with E-state index in [-0.39, 0.29) is 31.4 Å². The molecule has 0 radical (unpaired) electrons. The van der Waals surface area contributed by atoms with Crippen LogP contribution < -0.4 is 20.3 Å². The summed E-state index contributed by atoms with van der Waals surface area (Å²) in [6.07, 6.45) is 0.696. The fourth-order valence-corrected chi connectivity index (χ4v) is 4.59. The van der Waals surface area contributed by atoms with Gasteiger partial charge in [0.2, 0.25) is 5.91 Å². The Balaban J connectivity index is 0.00000405. The Kier molecular flexibility index (Phi) is 10.1. The Morgan fingerprint density at radius 3 is 2.50 bits per heavy atom. The van der Waals surface area contributed by atoms with Crippen LogP contribution in [0.25, 0.3) is 11.1 Å². The number of methoxy groups -OCH3 is 1. The lowest BCUT2D eigenvalue weighted by Gasteiger charge is -2.15. The van der Waals surface area contributed by atoms with E-state index in [1.54, 1.807) is 25.4 Å². The number of rotatable bonds is 11. The summed E-state index contributed by atoms with van der Waals surface area (Å²) in [5.74, 6) is 0.161. The van der Waals surface area contributed by atoms with E-state index in [4.69, 9.17) is 9.47 Å². The number of hydrogen-bond acceptors (Lipinski definition) is 7. The van der Waals surface area contributed by atoms with Gasteiger partial charge in [0.1, 0.15) is 17.7 Å². The molecule has 1 atom stereocenters. The Morgan fingerprint density at radius 1 is 1.07 bits per heavy atom. The van der Waals surface area contributed by atoms with Crippen LogP contribution in [0.2, 0.25) is 0 Å². The van der Waals surface area contributed by atoms with Crippen LogP contribution in [0.15, 0.2) is 72.9 Å². The van der Waals surface area contributed by atoms with Crippen molar-refractivity contribution in [1.29, 1.82) is 0 Å². The lowest BCUT2D eigenvalue weighted by Crippen LogP contribution is -2.33. The fraction of sp³-hybridized carbons (Fsp3) is 0.267. The normalized spacial score (nSPS) is 14.3. The number of halogens is 2. The van der Waals surface area contributed by atoms with Gasteiger partial charge in [0.15, 0.2) is 0 Å². The Labute approximate surface area is 249 Å². The zero-order valence-corrected chi connectivity index (χ0v) is 24.1. The quantitative estimate of drug-likeness (QED) is 0.266. The number of carbonyl (C=O) groups excluding carboxylic acids is 2. The average Bonchev–Trinajstić information content (AvgIpc) is 3.58. The van der Waals surface area contributed by atoms with Gasteiger partial charge in [-0.15, -0.1) is 17.5 Å². The molecule has 1 unspecified atom stereocenters. The molecule has 1 fully saturated rings. The summed E-state index contributed by atoms with van der Waals surface area (Å²) in [5, 5.41) is 14.3. The number of nitrogens with zero attached hydrogens (tertiary/aromatic N) is 4. The third-order valence-corrected chi connectivity index (χ3v) is 6.81. The molecule has 2 heterocycles. The molecular formula is C30H32ClFN6O4. The molecule has 0 bridgehead atoms. The summed E-state index contributed by atoms with van der Waals surface area (Å²) in [4.78, 5) is 24.8. The summed E-state index contributed by atoms with van der Waals surface area (Å²) >= 11 is 0. The fourth-order valence-electron chi connectivity index (χ4n) is 4.59. The van der Waals surface area contributed by atoms with E-state index in [9.17, 15) is 9.59 Å². The van der Waals surface area contributed by atoms with Crippen molar-refractivity contribution in [3.63, 3.8) is 0 Å². The van der Waals surface area contributed by atoms with Crippen LogP contribution in [-0.2, 0) is 29.2 Å². The number of hydrogen-bond donors (Lipinski definition) is 2. The predicted molar refractivity (Wildman–Crippen MR) is 158 cm³/mol. The third-order valence-electron chi connectivity index (χ3n) is 6.81. The minimum Gasteiger partial charge on any atom is -0.497 e. The molecule has 1 aliphatic heterocycles. The van der Waals surface area contributed by atoms with Gasteiger partial charge in [0.05, 0.1) is 44.3 Å². The van der Waals surface area contributed by atoms with E-state index >= 15 is 4.39 Å². The second-order valence-electron chi connectivity index (χ2n) is 9.75. The first-order chi connectivity index (χ1) is 19.9. The predicted octanol–water partition coefficient (Wildman–Crippen LogP) is 4.31. The van der Waals surface area contributed by atoms with Gasteiger partial charge in [-0.05, 0) is 47.0 Å². The summed E-state index contributed by atoms with van der Waals surface area (Å²) in [6, 6.07) is 20.2. The van der Waals surface area contributed by atoms with E-state index in [2.05, 4.69) is 20.9 Å². The van der Waals surface area contributed by atoms with Crippen molar-refractivity contribution < 1.29 is 23.5 Å². The summed E-state index contributed by atoms with van der Waals surface area (Å²) in [7, 11) is 1.64. The average molecular weight is 595 g/mol. The zero-order chi connectivity index (χ0) is 28.8. The molecule has 5 rings (SSSR count). The van der Waals surface area contributed by atoms with Gasteiger partial charge in [-0.2, -0.15) is 0 Å². The van der Waals surface area contributed by atoms with Crippen LogP contribution in [0.1, 0.15) is 23.7 Å². The van der Waals surface area contributed by atoms with Gasteiger partial charge >= 0.3 is 6.09 Å². The van der Waals surface area contributed by atoms with Crippen molar-refractivity contribution in [1.82, 2.24) is 25.6 Å².